The van der Waals surface area contributed by atoms with Crippen molar-refractivity contribution in [3.63, 3.8) is 0 Å². The molecule has 0 saturated carbocycles. The van der Waals surface area contributed by atoms with Crippen LogP contribution in [0.15, 0.2) is 35.4 Å². The Morgan fingerprint density at radius 2 is 0.962 bits per heavy atom. The molecule has 4 rings (SSSR count). The minimum absolute atomic E-state index is 0.743. The van der Waals surface area contributed by atoms with Crippen LogP contribution in [0.25, 0.3) is 12.2 Å². The van der Waals surface area contributed by atoms with Gasteiger partial charge in [0.05, 0.1) is 0 Å². The van der Waals surface area contributed by atoms with E-state index in [1.165, 1.54) is 33.4 Å². The van der Waals surface area contributed by atoms with E-state index in [2.05, 4.69) is 84.9 Å². The van der Waals surface area contributed by atoms with E-state index in [4.69, 9.17) is 0 Å². The fraction of sp³-hybridized carbons (Fsp3) is 0.333. The molecule has 0 saturated heterocycles. The second-order valence-electron chi connectivity index (χ2n) is 8.27. The summed E-state index contributed by atoms with van der Waals surface area (Å²) in [5.41, 5.74) is 15.5. The average Bonchev–Trinajstić information content (AvgIpc) is 3.13. The maximum absolute atomic E-state index is 2.50. The summed E-state index contributed by atoms with van der Waals surface area (Å²) in [5, 5.41) is 0. The van der Waals surface area contributed by atoms with Crippen molar-refractivity contribution in [3.05, 3.63) is 79.9 Å². The molecular formula is C24H28HfSi. The number of hydrogen-bond donors (Lipinski definition) is 0. The molecule has 0 heterocycles. The van der Waals surface area contributed by atoms with Gasteiger partial charge < -0.3 is 0 Å². The van der Waals surface area contributed by atoms with Crippen LogP contribution in [0.5, 0.6) is 0 Å². The first-order valence-corrected chi connectivity index (χ1v) is 22.0. The van der Waals surface area contributed by atoms with Crippen LogP contribution in [0.3, 0.4) is 0 Å². The zero-order chi connectivity index (χ0) is 18.7. The summed E-state index contributed by atoms with van der Waals surface area (Å²) in [6.45, 7) is 16.4. The molecule has 2 atom stereocenters. The Morgan fingerprint density at radius 3 is 1.35 bits per heavy atom. The topological polar surface area (TPSA) is 0 Å². The molecule has 0 spiro atoms. The van der Waals surface area contributed by atoms with E-state index in [1.807, 2.05) is 0 Å². The Labute approximate surface area is 167 Å². The Bertz CT molecular complexity index is 941. The fourth-order valence-electron chi connectivity index (χ4n) is 5.06. The number of aryl methyl sites for hydroxylation is 4. The Hall–Kier alpha value is -0.993. The van der Waals surface area contributed by atoms with Crippen LogP contribution in [0, 0.1) is 27.7 Å². The SMILES string of the molecule is CC1=Cc2c(C)ccc(C)c2[CH]1[Hf](=[SiH2])[CH]1C(C)=Cc2c(C)ccc(C)c21. The summed E-state index contributed by atoms with van der Waals surface area (Å²) in [5.74, 6) is 0. The molecule has 26 heavy (non-hydrogen) atoms. The molecule has 0 nitrogen and oxygen atoms in total. The van der Waals surface area contributed by atoms with Gasteiger partial charge in [-0.25, -0.2) is 0 Å². The molecule has 2 heteroatoms. The van der Waals surface area contributed by atoms with Crippen LogP contribution in [-0.2, 0) is 20.1 Å². The van der Waals surface area contributed by atoms with E-state index in [-0.39, 0.29) is 0 Å². The first-order valence-electron chi connectivity index (χ1n) is 9.56. The average molecular weight is 523 g/mol. The van der Waals surface area contributed by atoms with Crippen LogP contribution in [0.4, 0.5) is 0 Å². The predicted molar refractivity (Wildman–Crippen MR) is 113 cm³/mol. The Morgan fingerprint density at radius 1 is 0.615 bits per heavy atom. The van der Waals surface area contributed by atoms with Crippen molar-refractivity contribution in [2.45, 2.75) is 48.9 Å². The van der Waals surface area contributed by atoms with Crippen LogP contribution >= 0.6 is 0 Å². The number of fused-ring (bicyclic) bond motifs is 2. The van der Waals surface area contributed by atoms with E-state index in [0.29, 0.717) is 0 Å². The van der Waals surface area contributed by atoms with E-state index >= 15 is 0 Å². The quantitative estimate of drug-likeness (QED) is 0.444. The van der Waals surface area contributed by atoms with Crippen molar-refractivity contribution in [2.75, 3.05) is 0 Å². The summed E-state index contributed by atoms with van der Waals surface area (Å²) in [6.07, 6.45) is 5.00. The molecule has 2 aromatic carbocycles. The van der Waals surface area contributed by atoms with Crippen molar-refractivity contribution < 1.29 is 20.1 Å². The zero-order valence-electron chi connectivity index (χ0n) is 16.8. The van der Waals surface area contributed by atoms with Gasteiger partial charge in [0.2, 0.25) is 0 Å². The summed E-state index contributed by atoms with van der Waals surface area (Å²) in [6, 6.07) is 9.28. The monoisotopic (exact) mass is 524 g/mol. The van der Waals surface area contributed by atoms with E-state index in [1.54, 1.807) is 22.3 Å². The Balaban J connectivity index is 1.86. The molecule has 0 N–H and O–H groups in total. The first kappa shape index (κ1) is 18.4. The van der Waals surface area contributed by atoms with E-state index < -0.39 is 20.1 Å². The number of hydrogen-bond acceptors (Lipinski definition) is 0. The van der Waals surface area contributed by atoms with Gasteiger partial charge in [0.25, 0.3) is 0 Å². The van der Waals surface area contributed by atoms with Crippen molar-refractivity contribution >= 4 is 19.1 Å². The third-order valence-corrected chi connectivity index (χ3v) is 23.8. The molecule has 0 radical (unpaired) electrons. The summed E-state index contributed by atoms with van der Waals surface area (Å²) < 4.78 is 1.49. The molecule has 0 bridgehead atoms. The van der Waals surface area contributed by atoms with Gasteiger partial charge in [-0.3, -0.25) is 0 Å². The van der Waals surface area contributed by atoms with E-state index in [0.717, 1.165) is 7.35 Å². The standard InChI is InChI=1S/2C12H13.Hf.H2Si/c2*1-8-6-11-9(2)4-5-10(3)12(11)7-8;;/h2*4-7H,1-3H3;;1H2. The van der Waals surface area contributed by atoms with Gasteiger partial charge in [-0.2, -0.15) is 0 Å². The summed E-state index contributed by atoms with van der Waals surface area (Å²) in [7, 11) is 0. The molecule has 2 aliphatic carbocycles. The molecule has 0 fully saturated rings. The molecule has 132 valence electrons. The minimum atomic E-state index is -2.01. The van der Waals surface area contributed by atoms with Crippen molar-refractivity contribution in [2.24, 2.45) is 0 Å². The maximum atomic E-state index is 2.50. The summed E-state index contributed by atoms with van der Waals surface area (Å²) in [4.78, 5) is 0. The normalized spacial score (nSPS) is 20.5. The van der Waals surface area contributed by atoms with Gasteiger partial charge in [0.15, 0.2) is 0 Å². The van der Waals surface area contributed by atoms with Gasteiger partial charge in [-0.05, 0) is 0 Å². The molecule has 0 aliphatic heterocycles. The van der Waals surface area contributed by atoms with Gasteiger partial charge in [0, 0.05) is 0 Å². The second kappa shape index (κ2) is 6.56. The van der Waals surface area contributed by atoms with Gasteiger partial charge in [0.1, 0.15) is 0 Å². The fourth-order valence-corrected chi connectivity index (χ4v) is 25.1. The molecular weight excluding hydrogens is 495 g/mol. The zero-order valence-corrected chi connectivity index (χ0v) is 21.8. The molecule has 0 amide bonds. The van der Waals surface area contributed by atoms with Crippen molar-refractivity contribution in [1.82, 2.24) is 0 Å². The van der Waals surface area contributed by atoms with Crippen LogP contribution in [-0.4, -0.2) is 6.94 Å². The third kappa shape index (κ3) is 2.64. The molecule has 0 aromatic heterocycles. The number of allylic oxidation sites excluding steroid dienone is 2. The van der Waals surface area contributed by atoms with Crippen LogP contribution < -0.4 is 0 Å². The van der Waals surface area contributed by atoms with E-state index in [9.17, 15) is 0 Å². The molecule has 2 aliphatic rings. The van der Waals surface area contributed by atoms with Gasteiger partial charge in [-0.1, -0.05) is 0 Å². The molecule has 2 unspecified atom stereocenters. The van der Waals surface area contributed by atoms with Crippen molar-refractivity contribution in [3.8, 4) is 0 Å². The van der Waals surface area contributed by atoms with Crippen LogP contribution in [0.1, 0.15) is 65.7 Å². The third-order valence-electron chi connectivity index (χ3n) is 6.42. The summed E-state index contributed by atoms with van der Waals surface area (Å²) >= 11 is -2.01. The van der Waals surface area contributed by atoms with Gasteiger partial charge in [-0.15, -0.1) is 0 Å². The number of benzene rings is 2. The first-order chi connectivity index (χ1) is 12.3. The van der Waals surface area contributed by atoms with Crippen molar-refractivity contribution in [1.29, 1.82) is 0 Å². The van der Waals surface area contributed by atoms with Crippen LogP contribution in [0.2, 0.25) is 0 Å². The van der Waals surface area contributed by atoms with Gasteiger partial charge >= 0.3 is 168 Å². The number of rotatable bonds is 2. The second-order valence-corrected chi connectivity index (χ2v) is 23.2. The predicted octanol–water partition coefficient (Wildman–Crippen LogP) is 5.70. The molecule has 2 aromatic rings. The Kier molecular flexibility index (Phi) is 4.64.